The second kappa shape index (κ2) is 5.09. The van der Waals surface area contributed by atoms with Crippen molar-refractivity contribution in [2.75, 3.05) is 0 Å². The zero-order chi connectivity index (χ0) is 13.4. The van der Waals surface area contributed by atoms with Crippen LogP contribution < -0.4 is 5.32 Å². The average molecular weight is 340 g/mol. The number of halogens is 1. The van der Waals surface area contributed by atoms with Crippen molar-refractivity contribution in [1.29, 1.82) is 0 Å². The molecule has 19 heavy (non-hydrogen) atoms. The average Bonchev–Trinajstić information content (AvgIpc) is 2.93. The van der Waals surface area contributed by atoms with E-state index in [2.05, 4.69) is 37.0 Å². The minimum Gasteiger partial charge on any atom is -0.347 e. The van der Waals surface area contributed by atoms with E-state index in [1.54, 1.807) is 0 Å². The number of hydrogen-bond acceptors (Lipinski definition) is 3. The van der Waals surface area contributed by atoms with Gasteiger partial charge in [-0.05, 0) is 35.3 Å². The molecule has 0 radical (unpaired) electrons. The van der Waals surface area contributed by atoms with Crippen LogP contribution in [0.4, 0.5) is 0 Å². The molecule has 0 aromatic carbocycles. The molecular weight excluding hydrogens is 326 g/mol. The first kappa shape index (κ1) is 12.9. The lowest BCUT2D eigenvalue weighted by atomic mass is 10.1. The fourth-order valence-electron chi connectivity index (χ4n) is 2.40. The monoisotopic (exact) mass is 339 g/mol. The van der Waals surface area contributed by atoms with Gasteiger partial charge in [0.25, 0.3) is 5.91 Å². The number of aryl methyl sites for hydroxylation is 2. The van der Waals surface area contributed by atoms with E-state index in [0.29, 0.717) is 0 Å². The van der Waals surface area contributed by atoms with Crippen LogP contribution in [0.2, 0.25) is 0 Å². The molecule has 1 aliphatic rings. The maximum absolute atomic E-state index is 12.1. The molecule has 0 fully saturated rings. The predicted molar refractivity (Wildman–Crippen MR) is 78.6 cm³/mol. The molecule has 3 heterocycles. The summed E-state index contributed by atoms with van der Waals surface area (Å²) in [5, 5.41) is 4.97. The number of imidazole rings is 1. The number of thiophene rings is 1. The van der Waals surface area contributed by atoms with Gasteiger partial charge in [-0.25, -0.2) is 4.98 Å². The van der Waals surface area contributed by atoms with Crippen LogP contribution in [0.15, 0.2) is 21.4 Å². The van der Waals surface area contributed by atoms with E-state index >= 15 is 0 Å². The molecule has 0 bridgehead atoms. The van der Waals surface area contributed by atoms with E-state index in [4.69, 9.17) is 0 Å². The summed E-state index contributed by atoms with van der Waals surface area (Å²) in [6.45, 7) is 2.81. The third kappa shape index (κ3) is 2.74. The van der Waals surface area contributed by atoms with Gasteiger partial charge in [-0.2, -0.15) is 0 Å². The van der Waals surface area contributed by atoms with Crippen molar-refractivity contribution in [3.05, 3.63) is 38.5 Å². The third-order valence-corrected chi connectivity index (χ3v) is 4.78. The summed E-state index contributed by atoms with van der Waals surface area (Å²) in [4.78, 5) is 16.6. The van der Waals surface area contributed by atoms with Gasteiger partial charge in [-0.15, -0.1) is 11.3 Å². The minimum atomic E-state index is 0.00670. The Morgan fingerprint density at radius 2 is 2.47 bits per heavy atom. The zero-order valence-corrected chi connectivity index (χ0v) is 12.9. The number of nitrogens with zero attached hydrogens (tertiary/aromatic N) is 2. The van der Waals surface area contributed by atoms with E-state index in [1.165, 1.54) is 11.3 Å². The predicted octanol–water partition coefficient (Wildman–Crippen LogP) is 2.76. The Kier molecular flexibility index (Phi) is 3.45. The van der Waals surface area contributed by atoms with Gasteiger partial charge in [0.05, 0.1) is 15.0 Å². The molecule has 1 N–H and O–H groups in total. The normalized spacial score (nSPS) is 18.1. The molecule has 1 aliphatic heterocycles. The number of aromatic nitrogens is 2. The van der Waals surface area contributed by atoms with E-state index in [1.807, 2.05) is 18.4 Å². The van der Waals surface area contributed by atoms with E-state index in [9.17, 15) is 4.79 Å². The fourth-order valence-corrected chi connectivity index (χ4v) is 3.54. The van der Waals surface area contributed by atoms with Crippen LogP contribution in [0.5, 0.6) is 0 Å². The smallest absolute Gasteiger partial charge is 0.252 e. The SMILES string of the molecule is Cc1cn2c(n1)CC[C@H](NC(=O)c1csc(Br)c1)C2. The Morgan fingerprint density at radius 3 is 3.21 bits per heavy atom. The number of amides is 1. The lowest BCUT2D eigenvalue weighted by Crippen LogP contribution is -2.40. The van der Waals surface area contributed by atoms with Crippen molar-refractivity contribution in [3.63, 3.8) is 0 Å². The quantitative estimate of drug-likeness (QED) is 0.914. The van der Waals surface area contributed by atoms with Gasteiger partial charge in [0.15, 0.2) is 0 Å². The van der Waals surface area contributed by atoms with Crippen LogP contribution >= 0.6 is 27.3 Å². The number of carbonyl (C=O) groups excluding carboxylic acids is 1. The number of carbonyl (C=O) groups is 1. The molecule has 2 aromatic heterocycles. The fraction of sp³-hybridized carbons (Fsp3) is 0.385. The maximum atomic E-state index is 12.1. The summed E-state index contributed by atoms with van der Waals surface area (Å²) in [6.07, 6.45) is 3.93. The standard InChI is InChI=1S/C13H14BrN3OS/c1-8-5-17-6-10(2-3-12(17)15-8)16-13(18)9-4-11(14)19-7-9/h4-5,7,10H,2-3,6H2,1H3,(H,16,18)/t10-/m0/s1. The topological polar surface area (TPSA) is 46.9 Å². The van der Waals surface area contributed by atoms with Gasteiger partial charge in [0.1, 0.15) is 5.82 Å². The molecule has 0 aliphatic carbocycles. The van der Waals surface area contributed by atoms with Crippen molar-refractivity contribution in [2.45, 2.75) is 32.4 Å². The third-order valence-electron chi connectivity index (χ3n) is 3.28. The summed E-state index contributed by atoms with van der Waals surface area (Å²) < 4.78 is 3.13. The zero-order valence-electron chi connectivity index (χ0n) is 10.5. The van der Waals surface area contributed by atoms with Gasteiger partial charge >= 0.3 is 0 Å². The van der Waals surface area contributed by atoms with Gasteiger partial charge < -0.3 is 9.88 Å². The van der Waals surface area contributed by atoms with Gasteiger partial charge in [0.2, 0.25) is 0 Å². The van der Waals surface area contributed by atoms with Crippen LogP contribution in [0, 0.1) is 6.92 Å². The highest BCUT2D eigenvalue weighted by Crippen LogP contribution is 2.21. The number of nitrogens with one attached hydrogen (secondary N) is 1. The van der Waals surface area contributed by atoms with Gasteiger partial charge in [0, 0.05) is 30.6 Å². The highest BCUT2D eigenvalue weighted by Gasteiger charge is 2.21. The Labute approximate surface area is 124 Å². The Morgan fingerprint density at radius 1 is 1.63 bits per heavy atom. The molecule has 100 valence electrons. The summed E-state index contributed by atoms with van der Waals surface area (Å²) in [7, 11) is 0. The summed E-state index contributed by atoms with van der Waals surface area (Å²) in [6, 6.07) is 2.04. The highest BCUT2D eigenvalue weighted by molar-refractivity contribution is 9.11. The second-order valence-electron chi connectivity index (χ2n) is 4.80. The molecule has 0 saturated heterocycles. The molecule has 1 atom stereocenters. The lowest BCUT2D eigenvalue weighted by Gasteiger charge is -2.24. The molecule has 3 rings (SSSR count). The van der Waals surface area contributed by atoms with Crippen LogP contribution in [0.1, 0.15) is 28.3 Å². The number of hydrogen-bond donors (Lipinski definition) is 1. The van der Waals surface area contributed by atoms with Crippen LogP contribution in [-0.4, -0.2) is 21.5 Å². The molecule has 0 unspecified atom stereocenters. The summed E-state index contributed by atoms with van der Waals surface area (Å²) in [5.41, 5.74) is 1.77. The van der Waals surface area contributed by atoms with Crippen molar-refractivity contribution >= 4 is 33.2 Å². The number of fused-ring (bicyclic) bond motifs is 1. The van der Waals surface area contributed by atoms with Crippen molar-refractivity contribution in [3.8, 4) is 0 Å². The Hall–Kier alpha value is -1.14. The first-order valence-electron chi connectivity index (χ1n) is 6.19. The van der Waals surface area contributed by atoms with Gasteiger partial charge in [-0.1, -0.05) is 0 Å². The minimum absolute atomic E-state index is 0.00670. The summed E-state index contributed by atoms with van der Waals surface area (Å²) >= 11 is 4.90. The maximum Gasteiger partial charge on any atom is 0.252 e. The van der Waals surface area contributed by atoms with Crippen molar-refractivity contribution in [1.82, 2.24) is 14.9 Å². The second-order valence-corrected chi connectivity index (χ2v) is 7.09. The Bertz CT molecular complexity index is 619. The molecule has 0 saturated carbocycles. The van der Waals surface area contributed by atoms with Crippen molar-refractivity contribution in [2.24, 2.45) is 0 Å². The Balaban J connectivity index is 1.67. The van der Waals surface area contributed by atoms with Crippen LogP contribution in [0.3, 0.4) is 0 Å². The highest BCUT2D eigenvalue weighted by atomic mass is 79.9. The van der Waals surface area contributed by atoms with E-state index in [-0.39, 0.29) is 11.9 Å². The molecule has 0 spiro atoms. The molecule has 1 amide bonds. The van der Waals surface area contributed by atoms with Crippen LogP contribution in [0.25, 0.3) is 0 Å². The molecule has 2 aromatic rings. The van der Waals surface area contributed by atoms with Crippen molar-refractivity contribution < 1.29 is 4.79 Å². The first-order valence-corrected chi connectivity index (χ1v) is 7.86. The van der Waals surface area contributed by atoms with E-state index < -0.39 is 0 Å². The molecule has 4 nitrogen and oxygen atoms in total. The van der Waals surface area contributed by atoms with Crippen LogP contribution in [-0.2, 0) is 13.0 Å². The summed E-state index contributed by atoms with van der Waals surface area (Å²) in [5.74, 6) is 1.13. The number of rotatable bonds is 2. The lowest BCUT2D eigenvalue weighted by molar-refractivity contribution is 0.0928. The van der Waals surface area contributed by atoms with E-state index in [0.717, 1.165) is 40.3 Å². The first-order chi connectivity index (χ1) is 9.11. The molecule has 6 heteroatoms. The largest absolute Gasteiger partial charge is 0.347 e. The van der Waals surface area contributed by atoms with Gasteiger partial charge in [-0.3, -0.25) is 4.79 Å². The molecular formula is C13H14BrN3OS.